The summed E-state index contributed by atoms with van der Waals surface area (Å²) in [5.74, 6) is 0.113. The van der Waals surface area contributed by atoms with Gasteiger partial charge in [-0.05, 0) is 12.8 Å². The third-order valence-corrected chi connectivity index (χ3v) is 7.68. The maximum Gasteiger partial charge on any atom is 0.220 e. The number of carbonyl (C=O) groups excluding carboxylic acids is 1. The summed E-state index contributed by atoms with van der Waals surface area (Å²) < 4.78 is 0. The number of hydrogen-bond acceptors (Lipinski definition) is 2. The van der Waals surface area contributed by atoms with Crippen LogP contribution in [0.15, 0.2) is 0 Å². The van der Waals surface area contributed by atoms with Crippen molar-refractivity contribution in [3.63, 3.8) is 0 Å². The van der Waals surface area contributed by atoms with E-state index in [1.165, 1.54) is 148 Å². The van der Waals surface area contributed by atoms with E-state index >= 15 is 0 Å². The van der Waals surface area contributed by atoms with Crippen molar-refractivity contribution < 1.29 is 9.90 Å². The van der Waals surface area contributed by atoms with E-state index in [2.05, 4.69) is 19.2 Å². The van der Waals surface area contributed by atoms with E-state index in [9.17, 15) is 9.90 Å². The topological polar surface area (TPSA) is 49.3 Å². The quantitative estimate of drug-likeness (QED) is 0.0946. The number of hydrogen-bond donors (Lipinski definition) is 2. The lowest BCUT2D eigenvalue weighted by Gasteiger charge is -2.12. The molecule has 3 nitrogen and oxygen atoms in total. The van der Waals surface area contributed by atoms with Crippen LogP contribution < -0.4 is 5.32 Å². The van der Waals surface area contributed by atoms with Gasteiger partial charge in [-0.1, -0.05) is 174 Å². The lowest BCUT2D eigenvalue weighted by molar-refractivity contribution is -0.121. The van der Waals surface area contributed by atoms with Crippen LogP contribution in [0.2, 0.25) is 0 Å². The Morgan fingerprint density at radius 3 is 1.17 bits per heavy atom. The molecule has 0 bridgehead atoms. The summed E-state index contributed by atoms with van der Waals surface area (Å²) in [7, 11) is 0. The lowest BCUT2D eigenvalue weighted by Crippen LogP contribution is -2.31. The summed E-state index contributed by atoms with van der Waals surface area (Å²) in [6, 6.07) is 0. The summed E-state index contributed by atoms with van der Waals surface area (Å²) in [4.78, 5) is 12.0. The molecule has 0 heterocycles. The van der Waals surface area contributed by atoms with Crippen LogP contribution >= 0.6 is 0 Å². The van der Waals surface area contributed by atoms with Crippen LogP contribution in [0, 0.1) is 0 Å². The first-order valence-electron chi connectivity index (χ1n) is 16.7. The van der Waals surface area contributed by atoms with Crippen LogP contribution in [0.5, 0.6) is 0 Å². The molecule has 0 rings (SSSR count). The van der Waals surface area contributed by atoms with Crippen molar-refractivity contribution in [2.24, 2.45) is 0 Å². The SMILES string of the molecule is CCCCCCCCCCCCCCCC(=O)NCC(O)CCCCCCCCCCCCCCC. The molecule has 0 aromatic heterocycles. The lowest BCUT2D eigenvalue weighted by atomic mass is 10.0. The number of unbranched alkanes of at least 4 members (excludes halogenated alkanes) is 24. The Morgan fingerprint density at radius 1 is 0.500 bits per heavy atom. The second kappa shape index (κ2) is 30.7. The van der Waals surface area contributed by atoms with Crippen molar-refractivity contribution in [3.8, 4) is 0 Å². The first kappa shape index (κ1) is 35.4. The van der Waals surface area contributed by atoms with Gasteiger partial charge in [0, 0.05) is 13.0 Å². The van der Waals surface area contributed by atoms with E-state index in [1.54, 1.807) is 0 Å². The van der Waals surface area contributed by atoms with Crippen LogP contribution in [0.25, 0.3) is 0 Å². The number of carbonyl (C=O) groups is 1. The Bertz CT molecular complexity index is 426. The first-order valence-corrected chi connectivity index (χ1v) is 16.7. The van der Waals surface area contributed by atoms with E-state index in [-0.39, 0.29) is 12.0 Å². The van der Waals surface area contributed by atoms with Crippen LogP contribution in [0.3, 0.4) is 0 Å². The molecule has 0 saturated heterocycles. The average Bonchev–Trinajstić information content (AvgIpc) is 2.88. The molecular formula is C33H67NO2. The maximum atomic E-state index is 12.0. The van der Waals surface area contributed by atoms with Crippen molar-refractivity contribution in [3.05, 3.63) is 0 Å². The molecule has 1 atom stereocenters. The number of nitrogens with one attached hydrogen (secondary N) is 1. The molecule has 3 heteroatoms. The van der Waals surface area contributed by atoms with Crippen LogP contribution in [0.1, 0.15) is 194 Å². The van der Waals surface area contributed by atoms with Crippen molar-refractivity contribution in [1.82, 2.24) is 5.32 Å². The zero-order valence-electron chi connectivity index (χ0n) is 24.9. The Morgan fingerprint density at radius 2 is 0.806 bits per heavy atom. The summed E-state index contributed by atoms with van der Waals surface area (Å²) in [5, 5.41) is 13.1. The smallest absolute Gasteiger partial charge is 0.220 e. The van der Waals surface area contributed by atoms with Gasteiger partial charge in [-0.15, -0.1) is 0 Å². The zero-order valence-corrected chi connectivity index (χ0v) is 24.9. The molecule has 1 unspecified atom stereocenters. The fourth-order valence-corrected chi connectivity index (χ4v) is 5.12. The summed E-state index contributed by atoms with van der Waals surface area (Å²) in [5.41, 5.74) is 0. The van der Waals surface area contributed by atoms with Gasteiger partial charge in [-0.25, -0.2) is 0 Å². The summed E-state index contributed by atoms with van der Waals surface area (Å²) in [6.45, 7) is 4.98. The highest BCUT2D eigenvalue weighted by Gasteiger charge is 2.07. The molecule has 0 radical (unpaired) electrons. The van der Waals surface area contributed by atoms with Crippen molar-refractivity contribution >= 4 is 5.91 Å². The van der Waals surface area contributed by atoms with E-state index < -0.39 is 0 Å². The second-order valence-corrected chi connectivity index (χ2v) is 11.5. The minimum atomic E-state index is -0.381. The standard InChI is InChI=1S/C33H67NO2/c1-3-5-7-9-11-13-15-17-19-21-23-25-27-29-32(35)31-34-33(36)30-28-26-24-22-20-18-16-14-12-10-8-6-4-2/h32,35H,3-31H2,1-2H3,(H,34,36). The highest BCUT2D eigenvalue weighted by atomic mass is 16.3. The van der Waals surface area contributed by atoms with Gasteiger partial charge < -0.3 is 10.4 Å². The van der Waals surface area contributed by atoms with E-state index in [1.807, 2.05) is 0 Å². The third-order valence-electron chi connectivity index (χ3n) is 7.68. The molecule has 0 aliphatic carbocycles. The Labute approximate surface area is 227 Å². The molecule has 0 aliphatic rings. The fraction of sp³-hybridized carbons (Fsp3) is 0.970. The molecule has 0 aliphatic heterocycles. The Hall–Kier alpha value is -0.570. The van der Waals surface area contributed by atoms with Gasteiger partial charge in [0.1, 0.15) is 0 Å². The van der Waals surface area contributed by atoms with Gasteiger partial charge >= 0.3 is 0 Å². The largest absolute Gasteiger partial charge is 0.391 e. The van der Waals surface area contributed by atoms with E-state index in [4.69, 9.17) is 0 Å². The maximum absolute atomic E-state index is 12.0. The number of amides is 1. The molecule has 1 amide bonds. The molecule has 0 fully saturated rings. The zero-order chi connectivity index (χ0) is 26.4. The predicted molar refractivity (Wildman–Crippen MR) is 160 cm³/mol. The molecule has 0 aromatic rings. The Kier molecular flexibility index (Phi) is 30.2. The number of rotatable bonds is 30. The van der Waals surface area contributed by atoms with Gasteiger partial charge in [0.25, 0.3) is 0 Å². The van der Waals surface area contributed by atoms with Crippen LogP contribution in [0.4, 0.5) is 0 Å². The molecule has 2 N–H and O–H groups in total. The highest BCUT2D eigenvalue weighted by molar-refractivity contribution is 5.75. The van der Waals surface area contributed by atoms with Gasteiger partial charge in [-0.2, -0.15) is 0 Å². The van der Waals surface area contributed by atoms with Gasteiger partial charge in [0.2, 0.25) is 5.91 Å². The average molecular weight is 510 g/mol. The monoisotopic (exact) mass is 510 g/mol. The number of aliphatic hydroxyl groups excluding tert-OH is 1. The molecule has 216 valence electrons. The molecule has 0 spiro atoms. The third kappa shape index (κ3) is 29.7. The van der Waals surface area contributed by atoms with Gasteiger partial charge in [-0.3, -0.25) is 4.79 Å². The fourth-order valence-electron chi connectivity index (χ4n) is 5.12. The van der Waals surface area contributed by atoms with Crippen molar-refractivity contribution in [1.29, 1.82) is 0 Å². The predicted octanol–water partition coefficient (Wildman–Crippen LogP) is 10.4. The van der Waals surface area contributed by atoms with E-state index in [0.717, 1.165) is 25.7 Å². The van der Waals surface area contributed by atoms with Gasteiger partial charge in [0.15, 0.2) is 0 Å². The second-order valence-electron chi connectivity index (χ2n) is 11.5. The van der Waals surface area contributed by atoms with Gasteiger partial charge in [0.05, 0.1) is 6.10 Å². The molecule has 0 aromatic carbocycles. The normalized spacial score (nSPS) is 12.2. The first-order chi connectivity index (χ1) is 17.7. The number of aliphatic hydroxyl groups is 1. The van der Waals surface area contributed by atoms with E-state index in [0.29, 0.717) is 13.0 Å². The molecule has 0 saturated carbocycles. The summed E-state index contributed by atoms with van der Waals surface area (Å²) in [6.07, 6.45) is 35.8. The minimum Gasteiger partial charge on any atom is -0.391 e. The van der Waals surface area contributed by atoms with Crippen LogP contribution in [-0.4, -0.2) is 23.7 Å². The summed E-state index contributed by atoms with van der Waals surface area (Å²) >= 11 is 0. The molecule has 36 heavy (non-hydrogen) atoms. The molecular weight excluding hydrogens is 442 g/mol. The van der Waals surface area contributed by atoms with Crippen LogP contribution in [-0.2, 0) is 4.79 Å². The highest BCUT2D eigenvalue weighted by Crippen LogP contribution is 2.14. The minimum absolute atomic E-state index is 0.113. The van der Waals surface area contributed by atoms with Crippen molar-refractivity contribution in [2.75, 3.05) is 6.54 Å². The Balaban J connectivity index is 3.27. The van der Waals surface area contributed by atoms with Crippen molar-refractivity contribution in [2.45, 2.75) is 200 Å².